The van der Waals surface area contributed by atoms with E-state index in [0.29, 0.717) is 66.4 Å². The van der Waals surface area contributed by atoms with E-state index in [1.807, 2.05) is 83.1 Å². The first-order valence-electron chi connectivity index (χ1n) is 19.0. The second kappa shape index (κ2) is 18.7. The number of carbonyl (C=O) groups is 1. The van der Waals surface area contributed by atoms with Gasteiger partial charge in [-0.3, -0.25) is 0 Å². The number of methoxy groups -OCH3 is 4. The van der Waals surface area contributed by atoms with E-state index in [1.54, 1.807) is 28.4 Å². The number of anilines is 1. The van der Waals surface area contributed by atoms with Gasteiger partial charge in [-0.05, 0) is 76.4 Å². The van der Waals surface area contributed by atoms with Crippen molar-refractivity contribution in [3.05, 3.63) is 88.7 Å². The number of ether oxygens (including phenoxy) is 6. The van der Waals surface area contributed by atoms with Crippen LogP contribution < -0.4 is 33.9 Å². The Morgan fingerprint density at radius 3 is 1.93 bits per heavy atom. The normalized spacial score (nSPS) is 11.4. The number of nitrogens with one attached hydrogen (secondary N) is 1. The second-order valence-electron chi connectivity index (χ2n) is 14.8. The van der Waals surface area contributed by atoms with Crippen molar-refractivity contribution in [3.8, 4) is 28.9 Å². The number of imidazole rings is 1. The Morgan fingerprint density at radius 2 is 1.41 bits per heavy atom. The summed E-state index contributed by atoms with van der Waals surface area (Å²) in [7, 11) is 6.57. The molecule has 0 saturated carbocycles. The van der Waals surface area contributed by atoms with Gasteiger partial charge in [0, 0.05) is 55.9 Å². The molecule has 0 bridgehead atoms. The molecule has 3 aromatic carbocycles. The van der Waals surface area contributed by atoms with Crippen molar-refractivity contribution in [2.75, 3.05) is 33.3 Å². The van der Waals surface area contributed by atoms with Gasteiger partial charge in [0.2, 0.25) is 0 Å². The van der Waals surface area contributed by atoms with Gasteiger partial charge in [-0.15, -0.1) is 10.2 Å². The standard InChI is InChI=1S/C43H56N6O7/c1-11-12-13-37-45-38-39(49(37)25-30-16-14-29(15-17-30)24-44-42(50)56-43(4,5)6)41(55-28(2)3)47-46-40(38)48(26-31-18-20-33(51-7)22-35(31)53-9)27-32-19-21-34(52-8)23-36(32)54-10/h14-23,28H,11-13,24-27H2,1-10H3,(H,44,50). The highest BCUT2D eigenvalue weighted by molar-refractivity contribution is 5.90. The van der Waals surface area contributed by atoms with Crippen molar-refractivity contribution in [3.63, 3.8) is 0 Å². The van der Waals surface area contributed by atoms with Crippen LogP contribution in [0.1, 0.15) is 82.5 Å². The van der Waals surface area contributed by atoms with Gasteiger partial charge in [0.15, 0.2) is 5.82 Å². The Morgan fingerprint density at radius 1 is 0.821 bits per heavy atom. The van der Waals surface area contributed by atoms with Crippen molar-refractivity contribution in [1.82, 2.24) is 25.1 Å². The van der Waals surface area contributed by atoms with E-state index in [1.165, 1.54) is 0 Å². The molecule has 300 valence electrons. The topological polar surface area (TPSA) is 131 Å². The van der Waals surface area contributed by atoms with E-state index < -0.39 is 11.7 Å². The quantitative estimate of drug-likeness (QED) is 0.0924. The van der Waals surface area contributed by atoms with E-state index in [9.17, 15) is 4.79 Å². The number of amides is 1. The highest BCUT2D eigenvalue weighted by Gasteiger charge is 2.26. The molecule has 13 nitrogen and oxygen atoms in total. The number of unbranched alkanes of at least 4 members (excludes halogenated alkanes) is 1. The maximum atomic E-state index is 12.3. The number of hydrogen-bond donors (Lipinski definition) is 1. The molecule has 56 heavy (non-hydrogen) atoms. The summed E-state index contributed by atoms with van der Waals surface area (Å²) in [5.74, 6) is 4.66. The van der Waals surface area contributed by atoms with Crippen LogP contribution in [0.2, 0.25) is 0 Å². The van der Waals surface area contributed by atoms with Crippen LogP contribution in [0.3, 0.4) is 0 Å². The van der Waals surface area contributed by atoms with Gasteiger partial charge in [0.05, 0.1) is 34.5 Å². The van der Waals surface area contributed by atoms with E-state index in [-0.39, 0.29) is 6.10 Å². The number of nitrogens with zero attached hydrogens (tertiary/aromatic N) is 5. The minimum absolute atomic E-state index is 0.152. The monoisotopic (exact) mass is 768 g/mol. The van der Waals surface area contributed by atoms with Crippen LogP contribution in [-0.4, -0.2) is 66.0 Å². The maximum absolute atomic E-state index is 12.3. The van der Waals surface area contributed by atoms with Gasteiger partial charge < -0.3 is 43.2 Å². The van der Waals surface area contributed by atoms with Gasteiger partial charge in [-0.1, -0.05) is 37.6 Å². The summed E-state index contributed by atoms with van der Waals surface area (Å²) in [4.78, 5) is 19.7. The van der Waals surface area contributed by atoms with Crippen LogP contribution >= 0.6 is 0 Å². The van der Waals surface area contributed by atoms with Crippen molar-refractivity contribution < 1.29 is 33.2 Å². The molecule has 1 amide bonds. The minimum atomic E-state index is -0.568. The number of fused-ring (bicyclic) bond motifs is 1. The zero-order valence-corrected chi connectivity index (χ0v) is 34.4. The molecule has 0 aliphatic rings. The van der Waals surface area contributed by atoms with Crippen molar-refractivity contribution in [2.24, 2.45) is 0 Å². The van der Waals surface area contributed by atoms with E-state index in [2.05, 4.69) is 33.8 Å². The first-order valence-corrected chi connectivity index (χ1v) is 19.0. The molecule has 0 spiro atoms. The Kier molecular flexibility index (Phi) is 13.9. The molecule has 2 heterocycles. The van der Waals surface area contributed by atoms with Gasteiger partial charge in [-0.2, -0.15) is 0 Å². The highest BCUT2D eigenvalue weighted by Crippen LogP contribution is 2.36. The number of hydrogen-bond acceptors (Lipinski definition) is 11. The van der Waals surface area contributed by atoms with Crippen LogP contribution in [0.15, 0.2) is 60.7 Å². The van der Waals surface area contributed by atoms with Gasteiger partial charge in [0.1, 0.15) is 45.5 Å². The summed E-state index contributed by atoms with van der Waals surface area (Å²) >= 11 is 0. The van der Waals surface area contributed by atoms with Crippen LogP contribution in [0.5, 0.6) is 28.9 Å². The second-order valence-corrected chi connectivity index (χ2v) is 14.8. The summed E-state index contributed by atoms with van der Waals surface area (Å²) in [5.41, 5.74) is 4.73. The summed E-state index contributed by atoms with van der Waals surface area (Å²) in [6, 6.07) is 19.7. The number of aryl methyl sites for hydroxylation is 1. The average Bonchev–Trinajstić information content (AvgIpc) is 3.53. The Balaban J connectivity index is 1.62. The molecule has 0 fully saturated rings. The molecule has 0 saturated heterocycles. The van der Waals surface area contributed by atoms with E-state index >= 15 is 0 Å². The SMILES string of the molecule is CCCCc1nc2c(N(Cc3ccc(OC)cc3OC)Cc3ccc(OC)cc3OC)nnc(OC(C)C)c2n1Cc1ccc(CNC(=O)OC(C)(C)C)cc1. The van der Waals surface area contributed by atoms with Gasteiger partial charge in [0.25, 0.3) is 5.88 Å². The van der Waals surface area contributed by atoms with Crippen LogP contribution in [-0.2, 0) is 37.3 Å². The minimum Gasteiger partial charge on any atom is -0.497 e. The predicted molar refractivity (Wildman–Crippen MR) is 217 cm³/mol. The number of rotatable bonds is 18. The molecule has 2 aromatic heterocycles. The fourth-order valence-electron chi connectivity index (χ4n) is 6.29. The molecule has 13 heteroatoms. The number of alkyl carbamates (subject to hydrolysis) is 1. The molecular weight excluding hydrogens is 713 g/mol. The molecule has 0 aliphatic heterocycles. The molecule has 1 N–H and O–H groups in total. The molecule has 0 unspecified atom stereocenters. The Labute approximate surface area is 330 Å². The third-order valence-corrected chi connectivity index (χ3v) is 9.01. The fraction of sp³-hybridized carbons (Fsp3) is 0.442. The Hall–Kier alpha value is -5.72. The zero-order chi connectivity index (χ0) is 40.4. The van der Waals surface area contributed by atoms with Crippen LogP contribution in [0.4, 0.5) is 10.6 Å². The number of benzene rings is 3. The summed E-state index contributed by atoms with van der Waals surface area (Å²) in [6.45, 7) is 13.3. The Bertz CT molecular complexity index is 2020. The molecule has 5 rings (SSSR count). The number of carbonyl (C=O) groups excluding carboxylic acids is 1. The van der Waals surface area contributed by atoms with Crippen LogP contribution in [0.25, 0.3) is 11.0 Å². The van der Waals surface area contributed by atoms with E-state index in [4.69, 9.17) is 43.6 Å². The third kappa shape index (κ3) is 10.5. The lowest BCUT2D eigenvalue weighted by Crippen LogP contribution is -2.32. The molecule has 0 radical (unpaired) electrons. The maximum Gasteiger partial charge on any atom is 0.407 e. The summed E-state index contributed by atoms with van der Waals surface area (Å²) < 4.78 is 36.6. The molecule has 5 aromatic rings. The molecule has 0 aliphatic carbocycles. The lowest BCUT2D eigenvalue weighted by molar-refractivity contribution is 0.0523. The van der Waals surface area contributed by atoms with Crippen molar-refractivity contribution in [2.45, 2.75) is 98.7 Å². The molecular formula is C43H56N6O7. The van der Waals surface area contributed by atoms with Gasteiger partial charge >= 0.3 is 6.09 Å². The first-order chi connectivity index (χ1) is 26.9. The summed E-state index contributed by atoms with van der Waals surface area (Å²) in [5, 5.41) is 12.4. The largest absolute Gasteiger partial charge is 0.497 e. The average molecular weight is 769 g/mol. The highest BCUT2D eigenvalue weighted by atomic mass is 16.6. The van der Waals surface area contributed by atoms with E-state index in [0.717, 1.165) is 52.9 Å². The zero-order valence-electron chi connectivity index (χ0n) is 34.4. The fourth-order valence-corrected chi connectivity index (χ4v) is 6.29. The first kappa shape index (κ1) is 41.4. The van der Waals surface area contributed by atoms with Crippen molar-refractivity contribution >= 4 is 22.9 Å². The number of aromatic nitrogens is 4. The molecule has 0 atom stereocenters. The summed E-state index contributed by atoms with van der Waals surface area (Å²) in [6.07, 6.45) is 2.10. The third-order valence-electron chi connectivity index (χ3n) is 9.01. The van der Waals surface area contributed by atoms with Crippen LogP contribution in [0, 0.1) is 0 Å². The lowest BCUT2D eigenvalue weighted by Gasteiger charge is -2.26. The smallest absolute Gasteiger partial charge is 0.407 e. The lowest BCUT2D eigenvalue weighted by atomic mass is 10.1. The van der Waals surface area contributed by atoms with Gasteiger partial charge in [-0.25, -0.2) is 9.78 Å². The predicted octanol–water partition coefficient (Wildman–Crippen LogP) is 8.27. The van der Waals surface area contributed by atoms with Crippen molar-refractivity contribution in [1.29, 1.82) is 0 Å².